The second-order valence-corrected chi connectivity index (χ2v) is 4.95. The Bertz CT molecular complexity index is 661. The lowest BCUT2D eigenvalue weighted by molar-refractivity contribution is 0.385. The molecule has 2 heterocycles. The van der Waals surface area contributed by atoms with Crippen molar-refractivity contribution in [1.82, 2.24) is 10.1 Å². The van der Waals surface area contributed by atoms with E-state index in [9.17, 15) is 0 Å². The summed E-state index contributed by atoms with van der Waals surface area (Å²) in [5.74, 6) is 1.25. The maximum atomic E-state index is 5.72. The maximum absolute atomic E-state index is 5.72. The zero-order valence-corrected chi connectivity index (χ0v) is 11.1. The van der Waals surface area contributed by atoms with Gasteiger partial charge >= 0.3 is 0 Å². The molecule has 0 fully saturated rings. The average molecular weight is 271 g/mol. The van der Waals surface area contributed by atoms with Crippen LogP contribution in [0.2, 0.25) is 0 Å². The number of hydrogen-bond donors (Lipinski definition) is 1. The summed E-state index contributed by atoms with van der Waals surface area (Å²) in [5.41, 5.74) is 8.95. The normalized spacial score (nSPS) is 10.8. The molecule has 0 bridgehead atoms. The van der Waals surface area contributed by atoms with Gasteiger partial charge < -0.3 is 10.3 Å². The number of thiophene rings is 1. The lowest BCUT2D eigenvalue weighted by Crippen LogP contribution is -2.02. The average Bonchev–Trinajstić information content (AvgIpc) is 3.09. The van der Waals surface area contributed by atoms with Gasteiger partial charge in [-0.25, -0.2) is 0 Å². The van der Waals surface area contributed by atoms with Crippen molar-refractivity contribution < 1.29 is 4.52 Å². The van der Waals surface area contributed by atoms with Gasteiger partial charge in [0.1, 0.15) is 0 Å². The molecule has 4 nitrogen and oxygen atoms in total. The predicted octanol–water partition coefficient (Wildman–Crippen LogP) is 2.85. The summed E-state index contributed by atoms with van der Waals surface area (Å²) in [6.07, 6.45) is 0.616. The third kappa shape index (κ3) is 2.57. The second-order valence-electron chi connectivity index (χ2n) is 4.17. The molecule has 2 aromatic heterocycles. The van der Waals surface area contributed by atoms with Gasteiger partial charge in [-0.15, -0.1) is 0 Å². The fraction of sp³-hybridized carbons (Fsp3) is 0.143. The van der Waals surface area contributed by atoms with Crippen LogP contribution in [0.25, 0.3) is 11.4 Å². The third-order valence-electron chi connectivity index (χ3n) is 2.93. The Morgan fingerprint density at radius 2 is 2.00 bits per heavy atom. The smallest absolute Gasteiger partial charge is 0.231 e. The summed E-state index contributed by atoms with van der Waals surface area (Å²) in [5, 5.41) is 8.00. The molecule has 0 spiro atoms. The van der Waals surface area contributed by atoms with E-state index in [1.54, 1.807) is 11.3 Å². The number of hydrogen-bond acceptors (Lipinski definition) is 5. The molecule has 19 heavy (non-hydrogen) atoms. The minimum Gasteiger partial charge on any atom is -0.339 e. The van der Waals surface area contributed by atoms with Gasteiger partial charge in [0.2, 0.25) is 11.7 Å². The van der Waals surface area contributed by atoms with Gasteiger partial charge in [-0.1, -0.05) is 29.4 Å². The van der Waals surface area contributed by atoms with Crippen molar-refractivity contribution in [2.45, 2.75) is 13.0 Å². The zero-order chi connectivity index (χ0) is 13.1. The van der Waals surface area contributed by atoms with Crippen LogP contribution in [0.15, 0.2) is 45.6 Å². The molecule has 0 atom stereocenters. The van der Waals surface area contributed by atoms with Gasteiger partial charge in [-0.2, -0.15) is 16.3 Å². The van der Waals surface area contributed by atoms with Gasteiger partial charge in [-0.05, 0) is 22.6 Å². The highest BCUT2D eigenvalue weighted by molar-refractivity contribution is 7.08. The molecule has 1 aromatic carbocycles. The van der Waals surface area contributed by atoms with Crippen molar-refractivity contribution in [3.63, 3.8) is 0 Å². The lowest BCUT2D eigenvalue weighted by Gasteiger charge is -2.03. The first kappa shape index (κ1) is 12.1. The SMILES string of the molecule is NCc1ccccc1Cc1nc(-c2ccsc2)no1. The van der Waals surface area contributed by atoms with Crippen molar-refractivity contribution in [1.29, 1.82) is 0 Å². The van der Waals surface area contributed by atoms with Gasteiger partial charge in [0.25, 0.3) is 0 Å². The molecule has 3 rings (SSSR count). The Labute approximate surface area is 114 Å². The first-order valence-electron chi connectivity index (χ1n) is 5.99. The first-order valence-corrected chi connectivity index (χ1v) is 6.93. The molecular formula is C14H13N3OS. The van der Waals surface area contributed by atoms with E-state index in [2.05, 4.69) is 10.1 Å². The standard InChI is InChI=1S/C14H13N3OS/c15-8-11-4-2-1-3-10(11)7-13-16-14(17-18-13)12-5-6-19-9-12/h1-6,9H,7-8,15H2. The van der Waals surface area contributed by atoms with E-state index in [-0.39, 0.29) is 0 Å². The molecule has 0 aliphatic carbocycles. The largest absolute Gasteiger partial charge is 0.339 e. The summed E-state index contributed by atoms with van der Waals surface area (Å²) in [6.45, 7) is 0.516. The molecule has 3 aromatic rings. The van der Waals surface area contributed by atoms with Crippen molar-refractivity contribution >= 4 is 11.3 Å². The van der Waals surface area contributed by atoms with E-state index in [1.807, 2.05) is 41.1 Å². The van der Waals surface area contributed by atoms with Crippen LogP contribution in [0.5, 0.6) is 0 Å². The molecule has 0 unspecified atom stereocenters. The molecule has 0 amide bonds. The summed E-state index contributed by atoms with van der Waals surface area (Å²) in [4.78, 5) is 4.41. The molecule has 0 saturated heterocycles. The fourth-order valence-corrected chi connectivity index (χ4v) is 2.56. The van der Waals surface area contributed by atoms with E-state index < -0.39 is 0 Å². The highest BCUT2D eigenvalue weighted by atomic mass is 32.1. The summed E-state index contributed by atoms with van der Waals surface area (Å²) < 4.78 is 5.29. The highest BCUT2D eigenvalue weighted by Crippen LogP contribution is 2.20. The fourth-order valence-electron chi connectivity index (χ4n) is 1.93. The Morgan fingerprint density at radius 3 is 2.74 bits per heavy atom. The van der Waals surface area contributed by atoms with Crippen molar-refractivity contribution in [2.75, 3.05) is 0 Å². The quantitative estimate of drug-likeness (QED) is 0.792. The van der Waals surface area contributed by atoms with E-state index in [4.69, 9.17) is 10.3 Å². The van der Waals surface area contributed by atoms with Crippen LogP contribution in [0, 0.1) is 0 Å². The van der Waals surface area contributed by atoms with Crippen LogP contribution < -0.4 is 5.73 Å². The van der Waals surface area contributed by atoms with Crippen LogP contribution in [0.3, 0.4) is 0 Å². The first-order chi connectivity index (χ1) is 9.36. The number of aromatic nitrogens is 2. The molecule has 2 N–H and O–H groups in total. The Kier molecular flexibility index (Phi) is 3.39. The summed E-state index contributed by atoms with van der Waals surface area (Å²) in [7, 11) is 0. The summed E-state index contributed by atoms with van der Waals surface area (Å²) in [6, 6.07) is 10.0. The topological polar surface area (TPSA) is 64.9 Å². The van der Waals surface area contributed by atoms with Gasteiger partial charge in [0.05, 0.1) is 6.42 Å². The predicted molar refractivity (Wildman–Crippen MR) is 74.8 cm³/mol. The molecule has 0 radical (unpaired) electrons. The van der Waals surface area contributed by atoms with E-state index in [0.29, 0.717) is 24.7 Å². The maximum Gasteiger partial charge on any atom is 0.231 e. The van der Waals surface area contributed by atoms with Gasteiger partial charge in [0.15, 0.2) is 0 Å². The van der Waals surface area contributed by atoms with Gasteiger partial charge in [-0.3, -0.25) is 0 Å². The van der Waals surface area contributed by atoms with E-state index >= 15 is 0 Å². The number of benzene rings is 1. The van der Waals surface area contributed by atoms with Crippen LogP contribution in [0.4, 0.5) is 0 Å². The minimum absolute atomic E-state index is 0.516. The molecule has 0 aliphatic rings. The minimum atomic E-state index is 0.516. The monoisotopic (exact) mass is 271 g/mol. The number of nitrogens with two attached hydrogens (primary N) is 1. The van der Waals surface area contributed by atoms with Crippen molar-refractivity contribution in [3.05, 3.63) is 58.1 Å². The van der Waals surface area contributed by atoms with Crippen LogP contribution in [-0.2, 0) is 13.0 Å². The van der Waals surface area contributed by atoms with E-state index in [1.165, 1.54) is 0 Å². The van der Waals surface area contributed by atoms with Crippen LogP contribution in [0.1, 0.15) is 17.0 Å². The van der Waals surface area contributed by atoms with Crippen LogP contribution >= 0.6 is 11.3 Å². The molecule has 96 valence electrons. The Morgan fingerprint density at radius 1 is 1.16 bits per heavy atom. The number of rotatable bonds is 4. The summed E-state index contributed by atoms with van der Waals surface area (Å²) >= 11 is 1.62. The molecule has 0 aliphatic heterocycles. The van der Waals surface area contributed by atoms with Crippen molar-refractivity contribution in [2.24, 2.45) is 5.73 Å². The molecular weight excluding hydrogens is 258 g/mol. The van der Waals surface area contributed by atoms with E-state index in [0.717, 1.165) is 16.7 Å². The second kappa shape index (κ2) is 5.34. The molecule has 0 saturated carbocycles. The number of nitrogens with zero attached hydrogens (tertiary/aromatic N) is 2. The van der Waals surface area contributed by atoms with Crippen LogP contribution in [-0.4, -0.2) is 10.1 Å². The highest BCUT2D eigenvalue weighted by Gasteiger charge is 2.10. The van der Waals surface area contributed by atoms with Crippen molar-refractivity contribution in [3.8, 4) is 11.4 Å². The molecule has 5 heteroatoms. The Hall–Kier alpha value is -1.98. The zero-order valence-electron chi connectivity index (χ0n) is 10.2. The third-order valence-corrected chi connectivity index (χ3v) is 3.61. The van der Waals surface area contributed by atoms with Gasteiger partial charge in [0, 0.05) is 17.5 Å². The Balaban J connectivity index is 1.84. The lowest BCUT2D eigenvalue weighted by atomic mass is 10.0.